The fourth-order valence-electron chi connectivity index (χ4n) is 1.78. The summed E-state index contributed by atoms with van der Waals surface area (Å²) in [5.41, 5.74) is 1.29. The van der Waals surface area contributed by atoms with Crippen molar-refractivity contribution >= 4 is 37.8 Å². The monoisotopic (exact) mass is 399 g/mol. The van der Waals surface area contributed by atoms with Crippen LogP contribution in [-0.4, -0.2) is 11.2 Å². The third-order valence-electron chi connectivity index (χ3n) is 2.84. The van der Waals surface area contributed by atoms with Crippen molar-refractivity contribution in [1.29, 1.82) is 0 Å². The second kappa shape index (κ2) is 6.99. The smallest absolute Gasteiger partial charge is 0.251 e. The number of nitrogens with one attached hydrogen (secondary N) is 1. The Kier molecular flexibility index (Phi) is 5.31. The SMILES string of the molecule is O=C(NC(CBr)c1ccccc1)c1ccc(Br)c(F)c1. The van der Waals surface area contributed by atoms with Gasteiger partial charge in [0.25, 0.3) is 5.91 Å². The van der Waals surface area contributed by atoms with Crippen molar-refractivity contribution in [3.05, 3.63) is 69.9 Å². The Morgan fingerprint density at radius 1 is 1.20 bits per heavy atom. The molecule has 0 aliphatic carbocycles. The summed E-state index contributed by atoms with van der Waals surface area (Å²) in [5, 5.41) is 3.46. The fraction of sp³-hybridized carbons (Fsp3) is 0.133. The molecule has 2 nitrogen and oxygen atoms in total. The molecule has 5 heteroatoms. The lowest BCUT2D eigenvalue weighted by Crippen LogP contribution is -2.29. The zero-order valence-electron chi connectivity index (χ0n) is 10.4. The topological polar surface area (TPSA) is 29.1 Å². The Labute approximate surface area is 133 Å². The largest absolute Gasteiger partial charge is 0.344 e. The summed E-state index contributed by atoms with van der Waals surface area (Å²) in [6.07, 6.45) is 0. The molecule has 1 atom stereocenters. The molecule has 0 heterocycles. The molecule has 104 valence electrons. The van der Waals surface area contributed by atoms with Crippen molar-refractivity contribution in [2.75, 3.05) is 5.33 Å². The summed E-state index contributed by atoms with van der Waals surface area (Å²) in [6, 6.07) is 13.8. The number of hydrogen-bond acceptors (Lipinski definition) is 1. The molecular formula is C15H12Br2FNO. The average molecular weight is 401 g/mol. The summed E-state index contributed by atoms with van der Waals surface area (Å²) in [5.74, 6) is -0.752. The first kappa shape index (κ1) is 15.2. The van der Waals surface area contributed by atoms with E-state index in [-0.39, 0.29) is 11.9 Å². The van der Waals surface area contributed by atoms with Crippen LogP contribution in [0.25, 0.3) is 0 Å². The van der Waals surface area contributed by atoms with Crippen LogP contribution in [-0.2, 0) is 0 Å². The fourth-order valence-corrected chi connectivity index (χ4v) is 2.56. The van der Waals surface area contributed by atoms with Crippen LogP contribution < -0.4 is 5.32 Å². The van der Waals surface area contributed by atoms with Crippen LogP contribution >= 0.6 is 31.9 Å². The molecule has 0 aliphatic heterocycles. The van der Waals surface area contributed by atoms with E-state index < -0.39 is 5.82 Å². The van der Waals surface area contributed by atoms with E-state index in [4.69, 9.17) is 0 Å². The van der Waals surface area contributed by atoms with Crippen molar-refractivity contribution in [2.24, 2.45) is 0 Å². The summed E-state index contributed by atoms with van der Waals surface area (Å²) >= 11 is 6.45. The lowest BCUT2D eigenvalue weighted by molar-refractivity contribution is 0.0940. The van der Waals surface area contributed by atoms with Gasteiger partial charge in [0.1, 0.15) is 5.82 Å². The Hall–Kier alpha value is -1.20. The molecule has 0 bridgehead atoms. The van der Waals surface area contributed by atoms with Gasteiger partial charge in [-0.2, -0.15) is 0 Å². The third-order valence-corrected chi connectivity index (χ3v) is 4.13. The number of carbonyl (C=O) groups is 1. The number of rotatable bonds is 4. The van der Waals surface area contributed by atoms with Gasteiger partial charge in [0.05, 0.1) is 10.5 Å². The first-order chi connectivity index (χ1) is 9.61. The maximum Gasteiger partial charge on any atom is 0.251 e. The van der Waals surface area contributed by atoms with E-state index in [1.807, 2.05) is 30.3 Å². The Morgan fingerprint density at radius 3 is 2.50 bits per heavy atom. The number of carbonyl (C=O) groups excluding carboxylic acids is 1. The zero-order valence-corrected chi connectivity index (χ0v) is 13.6. The molecule has 1 unspecified atom stereocenters. The molecule has 0 saturated carbocycles. The van der Waals surface area contributed by atoms with Crippen molar-refractivity contribution in [1.82, 2.24) is 5.32 Å². The minimum absolute atomic E-state index is 0.157. The van der Waals surface area contributed by atoms with Gasteiger partial charge < -0.3 is 5.32 Å². The lowest BCUT2D eigenvalue weighted by atomic mass is 10.1. The highest BCUT2D eigenvalue weighted by atomic mass is 79.9. The number of alkyl halides is 1. The zero-order chi connectivity index (χ0) is 14.5. The van der Waals surface area contributed by atoms with Gasteiger partial charge in [0.2, 0.25) is 0 Å². The molecule has 0 aromatic heterocycles. The number of halogens is 3. The number of amides is 1. The van der Waals surface area contributed by atoms with E-state index in [9.17, 15) is 9.18 Å². The maximum absolute atomic E-state index is 13.4. The van der Waals surface area contributed by atoms with Crippen molar-refractivity contribution < 1.29 is 9.18 Å². The van der Waals surface area contributed by atoms with Gasteiger partial charge in [-0.3, -0.25) is 4.79 Å². The molecule has 0 saturated heterocycles. The van der Waals surface area contributed by atoms with Crippen molar-refractivity contribution in [2.45, 2.75) is 6.04 Å². The molecule has 2 aromatic carbocycles. The van der Waals surface area contributed by atoms with Gasteiger partial charge >= 0.3 is 0 Å². The van der Waals surface area contributed by atoms with Gasteiger partial charge in [0, 0.05) is 10.9 Å². The van der Waals surface area contributed by atoms with Crippen LogP contribution in [0.4, 0.5) is 4.39 Å². The normalized spacial score (nSPS) is 11.9. The van der Waals surface area contributed by atoms with E-state index in [1.165, 1.54) is 12.1 Å². The van der Waals surface area contributed by atoms with Crippen LogP contribution in [0.15, 0.2) is 53.0 Å². The van der Waals surface area contributed by atoms with Gasteiger partial charge in [-0.05, 0) is 39.7 Å². The van der Waals surface area contributed by atoms with Gasteiger partial charge in [-0.1, -0.05) is 46.3 Å². The Balaban J connectivity index is 2.15. The Morgan fingerprint density at radius 2 is 1.90 bits per heavy atom. The van der Waals surface area contributed by atoms with Crippen LogP contribution in [0.2, 0.25) is 0 Å². The standard InChI is InChI=1S/C15H12Br2FNO/c16-9-14(10-4-2-1-3-5-10)19-15(20)11-6-7-12(17)13(18)8-11/h1-8,14H,9H2,(H,19,20). The predicted octanol–water partition coefficient (Wildman–Crippen LogP) is 4.45. The molecule has 1 amide bonds. The van der Waals surface area contributed by atoms with Crippen LogP contribution in [0.3, 0.4) is 0 Å². The van der Waals surface area contributed by atoms with E-state index in [2.05, 4.69) is 37.2 Å². The summed E-state index contributed by atoms with van der Waals surface area (Å²) in [7, 11) is 0. The highest BCUT2D eigenvalue weighted by Crippen LogP contribution is 2.19. The van der Waals surface area contributed by atoms with Gasteiger partial charge in [-0.25, -0.2) is 4.39 Å². The van der Waals surface area contributed by atoms with E-state index in [0.29, 0.717) is 15.4 Å². The summed E-state index contributed by atoms with van der Waals surface area (Å²) in [4.78, 5) is 12.1. The molecule has 2 aromatic rings. The Bertz CT molecular complexity index is 604. The second-order valence-electron chi connectivity index (χ2n) is 4.22. The van der Waals surface area contributed by atoms with Gasteiger partial charge in [-0.15, -0.1) is 0 Å². The van der Waals surface area contributed by atoms with E-state index in [0.717, 1.165) is 5.56 Å². The van der Waals surface area contributed by atoms with E-state index in [1.54, 1.807) is 6.07 Å². The lowest BCUT2D eigenvalue weighted by Gasteiger charge is -2.16. The first-order valence-corrected chi connectivity index (χ1v) is 7.90. The van der Waals surface area contributed by atoms with Crippen molar-refractivity contribution in [3.8, 4) is 0 Å². The minimum Gasteiger partial charge on any atom is -0.344 e. The highest BCUT2D eigenvalue weighted by molar-refractivity contribution is 9.10. The second-order valence-corrected chi connectivity index (χ2v) is 5.72. The van der Waals surface area contributed by atoms with Crippen molar-refractivity contribution in [3.63, 3.8) is 0 Å². The highest BCUT2D eigenvalue weighted by Gasteiger charge is 2.15. The average Bonchev–Trinajstić information content (AvgIpc) is 2.48. The summed E-state index contributed by atoms with van der Waals surface area (Å²) < 4.78 is 13.8. The molecule has 0 fully saturated rings. The number of benzene rings is 2. The third kappa shape index (κ3) is 3.67. The molecule has 2 rings (SSSR count). The minimum atomic E-state index is -0.451. The number of hydrogen-bond donors (Lipinski definition) is 1. The molecule has 0 aliphatic rings. The molecule has 20 heavy (non-hydrogen) atoms. The van der Waals surface area contributed by atoms with Crippen LogP contribution in [0, 0.1) is 5.82 Å². The molecular weight excluding hydrogens is 389 g/mol. The first-order valence-electron chi connectivity index (χ1n) is 5.98. The molecule has 1 N–H and O–H groups in total. The molecule has 0 radical (unpaired) electrons. The van der Waals surface area contributed by atoms with Crippen LogP contribution in [0.1, 0.15) is 22.0 Å². The predicted molar refractivity (Wildman–Crippen MR) is 84.5 cm³/mol. The quantitative estimate of drug-likeness (QED) is 0.754. The molecule has 0 spiro atoms. The van der Waals surface area contributed by atoms with Gasteiger partial charge in [0.15, 0.2) is 0 Å². The van der Waals surface area contributed by atoms with Crippen LogP contribution in [0.5, 0.6) is 0 Å². The maximum atomic E-state index is 13.4. The summed E-state index contributed by atoms with van der Waals surface area (Å²) in [6.45, 7) is 0. The van der Waals surface area contributed by atoms with E-state index >= 15 is 0 Å².